The van der Waals surface area contributed by atoms with E-state index in [1.807, 2.05) is 11.3 Å². The van der Waals surface area contributed by atoms with Crippen molar-refractivity contribution in [1.29, 1.82) is 0 Å². The molecule has 102 valence electrons. The maximum Gasteiger partial charge on any atom is 0.123 e. The van der Waals surface area contributed by atoms with Crippen LogP contribution in [0.25, 0.3) is 10.6 Å². The van der Waals surface area contributed by atoms with Crippen molar-refractivity contribution in [2.24, 2.45) is 0 Å². The predicted molar refractivity (Wildman–Crippen MR) is 83.7 cm³/mol. The van der Waals surface area contributed by atoms with E-state index in [1.54, 1.807) is 0 Å². The highest BCUT2D eigenvalue weighted by Gasteiger charge is 2.10. The normalized spacial score (nSPS) is 10.9. The minimum absolute atomic E-state index is 0.935. The molecule has 0 saturated heterocycles. The van der Waals surface area contributed by atoms with Crippen LogP contribution >= 0.6 is 11.3 Å². The van der Waals surface area contributed by atoms with E-state index in [2.05, 4.69) is 50.4 Å². The maximum atomic E-state index is 4.79. The first-order valence-electron chi connectivity index (χ1n) is 7.07. The zero-order valence-electron chi connectivity index (χ0n) is 12.0. The predicted octanol–water partition coefficient (Wildman–Crippen LogP) is 4.04. The van der Waals surface area contributed by atoms with Gasteiger partial charge in [0.1, 0.15) is 5.01 Å². The second kappa shape index (κ2) is 6.83. The minimum Gasteiger partial charge on any atom is -0.312 e. The average Bonchev–Trinajstić information content (AvgIpc) is 2.88. The molecule has 0 aliphatic carbocycles. The first kappa shape index (κ1) is 14.2. The van der Waals surface area contributed by atoms with Gasteiger partial charge in [-0.25, -0.2) is 4.98 Å². The smallest absolute Gasteiger partial charge is 0.123 e. The number of rotatable bonds is 6. The molecule has 2 aromatic rings. The Morgan fingerprint density at radius 2 is 1.79 bits per heavy atom. The van der Waals surface area contributed by atoms with Crippen molar-refractivity contribution in [2.45, 2.75) is 40.2 Å². The van der Waals surface area contributed by atoms with Crippen molar-refractivity contribution in [1.82, 2.24) is 10.3 Å². The summed E-state index contributed by atoms with van der Waals surface area (Å²) < 4.78 is 0. The minimum atomic E-state index is 0.935. The van der Waals surface area contributed by atoms with Crippen molar-refractivity contribution in [3.8, 4) is 10.6 Å². The topological polar surface area (TPSA) is 24.9 Å². The van der Waals surface area contributed by atoms with Crippen LogP contribution in [0.4, 0.5) is 0 Å². The van der Waals surface area contributed by atoms with Crippen molar-refractivity contribution in [2.75, 3.05) is 6.54 Å². The number of nitrogens with zero attached hydrogens (tertiary/aromatic N) is 1. The molecule has 0 spiro atoms. The van der Waals surface area contributed by atoms with Gasteiger partial charge in [-0.15, -0.1) is 11.3 Å². The first-order chi connectivity index (χ1) is 9.28. The Bertz CT molecular complexity index is 514. The Kier molecular flexibility index (Phi) is 5.11. The Morgan fingerprint density at radius 3 is 2.37 bits per heavy atom. The van der Waals surface area contributed by atoms with Gasteiger partial charge in [0.25, 0.3) is 0 Å². The molecule has 0 unspecified atom stereocenters. The van der Waals surface area contributed by atoms with Crippen LogP contribution in [0.1, 0.15) is 36.9 Å². The van der Waals surface area contributed by atoms with E-state index in [9.17, 15) is 0 Å². The third-order valence-corrected chi connectivity index (χ3v) is 4.40. The van der Waals surface area contributed by atoms with Crippen LogP contribution in [0.15, 0.2) is 24.3 Å². The van der Waals surface area contributed by atoms with E-state index in [0.717, 1.165) is 30.9 Å². The van der Waals surface area contributed by atoms with Gasteiger partial charge in [0, 0.05) is 17.0 Å². The monoisotopic (exact) mass is 274 g/mol. The van der Waals surface area contributed by atoms with Crippen LogP contribution in [0.5, 0.6) is 0 Å². The highest BCUT2D eigenvalue weighted by atomic mass is 32.1. The zero-order valence-corrected chi connectivity index (χ0v) is 12.8. The summed E-state index contributed by atoms with van der Waals surface area (Å²) in [4.78, 5) is 6.16. The van der Waals surface area contributed by atoms with Crippen molar-refractivity contribution in [3.05, 3.63) is 40.4 Å². The van der Waals surface area contributed by atoms with Gasteiger partial charge >= 0.3 is 0 Å². The molecule has 2 rings (SSSR count). The summed E-state index contributed by atoms with van der Waals surface area (Å²) in [6.45, 7) is 8.43. The number of hydrogen-bond acceptors (Lipinski definition) is 3. The molecule has 0 saturated carbocycles. The van der Waals surface area contributed by atoms with Crippen LogP contribution in [0.2, 0.25) is 0 Å². The molecular formula is C16H22N2S. The van der Waals surface area contributed by atoms with E-state index < -0.39 is 0 Å². The van der Waals surface area contributed by atoms with Crippen molar-refractivity contribution >= 4 is 11.3 Å². The lowest BCUT2D eigenvalue weighted by Gasteiger charge is -1.99. The molecular weight excluding hydrogens is 252 g/mol. The summed E-state index contributed by atoms with van der Waals surface area (Å²) in [5.74, 6) is 0. The fourth-order valence-corrected chi connectivity index (χ4v) is 3.17. The number of aryl methyl sites for hydroxylation is 2. The van der Waals surface area contributed by atoms with Gasteiger partial charge in [-0.05, 0) is 24.9 Å². The highest BCUT2D eigenvalue weighted by molar-refractivity contribution is 7.15. The molecule has 0 aliphatic rings. The zero-order chi connectivity index (χ0) is 13.7. The SMILES string of the molecule is CCNCc1sc(-c2ccc(CC)cc2)nc1CC. The molecule has 0 atom stereocenters. The van der Waals surface area contributed by atoms with E-state index in [-0.39, 0.29) is 0 Å². The summed E-state index contributed by atoms with van der Waals surface area (Å²) >= 11 is 1.82. The molecule has 1 heterocycles. The summed E-state index contributed by atoms with van der Waals surface area (Å²) in [5.41, 5.74) is 3.85. The van der Waals surface area contributed by atoms with Crippen molar-refractivity contribution < 1.29 is 0 Å². The second-order valence-electron chi connectivity index (χ2n) is 4.57. The molecule has 0 fully saturated rings. The number of thiazole rings is 1. The van der Waals surface area contributed by atoms with Gasteiger partial charge in [-0.1, -0.05) is 45.0 Å². The molecule has 1 N–H and O–H groups in total. The summed E-state index contributed by atoms with van der Waals surface area (Å²) in [6, 6.07) is 8.78. The Morgan fingerprint density at radius 1 is 1.05 bits per heavy atom. The molecule has 0 radical (unpaired) electrons. The van der Waals surface area contributed by atoms with Gasteiger partial charge < -0.3 is 5.32 Å². The van der Waals surface area contributed by atoms with Crippen LogP contribution in [-0.4, -0.2) is 11.5 Å². The summed E-state index contributed by atoms with van der Waals surface area (Å²) in [5, 5.41) is 4.54. The maximum absolute atomic E-state index is 4.79. The lowest BCUT2D eigenvalue weighted by molar-refractivity contribution is 0.727. The molecule has 0 aliphatic heterocycles. The van der Waals surface area contributed by atoms with Gasteiger partial charge in [-0.2, -0.15) is 0 Å². The van der Waals surface area contributed by atoms with Crippen LogP contribution in [-0.2, 0) is 19.4 Å². The second-order valence-corrected chi connectivity index (χ2v) is 5.66. The van der Waals surface area contributed by atoms with Gasteiger partial charge in [0.2, 0.25) is 0 Å². The third kappa shape index (κ3) is 3.43. The molecule has 0 bridgehead atoms. The average molecular weight is 274 g/mol. The standard InChI is InChI=1S/C16H22N2S/c1-4-12-7-9-13(10-8-12)16-18-14(5-2)15(19-16)11-17-6-3/h7-10,17H,4-6,11H2,1-3H3. The number of hydrogen-bond donors (Lipinski definition) is 1. The van der Waals surface area contributed by atoms with E-state index in [0.29, 0.717) is 0 Å². The van der Waals surface area contributed by atoms with Crippen LogP contribution in [0, 0.1) is 0 Å². The number of benzene rings is 1. The quantitative estimate of drug-likeness (QED) is 0.859. The number of aromatic nitrogens is 1. The van der Waals surface area contributed by atoms with Crippen LogP contribution in [0.3, 0.4) is 0 Å². The van der Waals surface area contributed by atoms with Gasteiger partial charge in [0.05, 0.1) is 5.69 Å². The largest absolute Gasteiger partial charge is 0.312 e. The summed E-state index contributed by atoms with van der Waals surface area (Å²) in [6.07, 6.45) is 2.09. The van der Waals surface area contributed by atoms with Gasteiger partial charge in [-0.3, -0.25) is 0 Å². The molecule has 3 heteroatoms. The molecule has 1 aromatic carbocycles. The van der Waals surface area contributed by atoms with E-state index >= 15 is 0 Å². The molecule has 2 nitrogen and oxygen atoms in total. The lowest BCUT2D eigenvalue weighted by atomic mass is 10.1. The molecule has 0 amide bonds. The van der Waals surface area contributed by atoms with Crippen LogP contribution < -0.4 is 5.32 Å². The Balaban J connectivity index is 2.25. The molecule has 1 aromatic heterocycles. The summed E-state index contributed by atoms with van der Waals surface area (Å²) in [7, 11) is 0. The van der Waals surface area contributed by atoms with Crippen molar-refractivity contribution in [3.63, 3.8) is 0 Å². The Labute approximate surface area is 119 Å². The Hall–Kier alpha value is -1.19. The third-order valence-electron chi connectivity index (χ3n) is 3.26. The number of nitrogens with one attached hydrogen (secondary N) is 1. The highest BCUT2D eigenvalue weighted by Crippen LogP contribution is 2.28. The van der Waals surface area contributed by atoms with E-state index in [1.165, 1.54) is 21.7 Å². The molecule has 19 heavy (non-hydrogen) atoms. The fourth-order valence-electron chi connectivity index (χ4n) is 2.04. The first-order valence-corrected chi connectivity index (χ1v) is 7.88. The lowest BCUT2D eigenvalue weighted by Crippen LogP contribution is -2.11. The fraction of sp³-hybridized carbons (Fsp3) is 0.438. The van der Waals surface area contributed by atoms with Gasteiger partial charge in [0.15, 0.2) is 0 Å². The van der Waals surface area contributed by atoms with E-state index in [4.69, 9.17) is 4.98 Å².